The van der Waals surface area contributed by atoms with Gasteiger partial charge in [0, 0.05) is 31.2 Å². The second kappa shape index (κ2) is 6.88. The Balaban J connectivity index is 2.19. The zero-order valence-electron chi connectivity index (χ0n) is 12.8. The molecule has 0 bridgehead atoms. The Labute approximate surface area is 122 Å². The summed E-state index contributed by atoms with van der Waals surface area (Å²) in [5.41, 5.74) is 2.00. The first kappa shape index (κ1) is 15.0. The fraction of sp³-hybridized carbons (Fsp3) is 0.588. The number of piperazine rings is 1. The predicted molar refractivity (Wildman–Crippen MR) is 82.4 cm³/mol. The van der Waals surface area contributed by atoms with E-state index in [0.29, 0.717) is 18.1 Å². The van der Waals surface area contributed by atoms with Crippen LogP contribution in [0.15, 0.2) is 24.3 Å². The number of nitriles is 1. The van der Waals surface area contributed by atoms with Gasteiger partial charge in [-0.1, -0.05) is 26.0 Å². The molecule has 3 unspecified atom stereocenters. The Hall–Kier alpha value is -1.37. The van der Waals surface area contributed by atoms with Gasteiger partial charge in [0.2, 0.25) is 0 Å². The summed E-state index contributed by atoms with van der Waals surface area (Å²) in [6, 6.07) is 11.8. The van der Waals surface area contributed by atoms with Crippen molar-refractivity contribution in [2.24, 2.45) is 0 Å². The van der Waals surface area contributed by atoms with E-state index in [4.69, 9.17) is 5.26 Å². The maximum Gasteiger partial charge on any atom is 0.0991 e. The molecule has 2 rings (SSSR count). The molecule has 3 atom stereocenters. The third kappa shape index (κ3) is 3.20. The molecule has 1 aliphatic heterocycles. The molecule has 0 aliphatic carbocycles. The van der Waals surface area contributed by atoms with Crippen molar-refractivity contribution in [1.29, 1.82) is 5.26 Å². The van der Waals surface area contributed by atoms with Gasteiger partial charge in [-0.3, -0.25) is 4.90 Å². The first-order valence-electron chi connectivity index (χ1n) is 7.68. The average molecular weight is 271 g/mol. The largest absolute Gasteiger partial charge is 0.311 e. The van der Waals surface area contributed by atoms with E-state index in [0.717, 1.165) is 31.5 Å². The maximum absolute atomic E-state index is 9.06. The van der Waals surface area contributed by atoms with Crippen molar-refractivity contribution in [3.63, 3.8) is 0 Å². The van der Waals surface area contributed by atoms with Crippen LogP contribution in [0.25, 0.3) is 0 Å². The summed E-state index contributed by atoms with van der Waals surface area (Å²) in [5.74, 6) is 0. The fourth-order valence-corrected chi connectivity index (χ4v) is 3.07. The summed E-state index contributed by atoms with van der Waals surface area (Å²) in [7, 11) is 0. The predicted octanol–water partition coefficient (Wildman–Crippen LogP) is 3.08. The second-order valence-corrected chi connectivity index (χ2v) is 5.69. The Kier molecular flexibility index (Phi) is 5.17. The molecule has 20 heavy (non-hydrogen) atoms. The van der Waals surface area contributed by atoms with Crippen LogP contribution in [0.4, 0.5) is 0 Å². The molecule has 0 radical (unpaired) electrons. The second-order valence-electron chi connectivity index (χ2n) is 5.69. The number of hydrogen-bond acceptors (Lipinski definition) is 3. The minimum absolute atomic E-state index is 0.365. The molecule has 1 fully saturated rings. The van der Waals surface area contributed by atoms with Crippen LogP contribution in [0.3, 0.4) is 0 Å². The average Bonchev–Trinajstić information content (AvgIpc) is 2.53. The van der Waals surface area contributed by atoms with Gasteiger partial charge in [-0.15, -0.1) is 0 Å². The van der Waals surface area contributed by atoms with Crippen LogP contribution < -0.4 is 5.32 Å². The molecular weight excluding hydrogens is 246 g/mol. The van der Waals surface area contributed by atoms with Crippen molar-refractivity contribution < 1.29 is 0 Å². The Morgan fingerprint density at radius 2 is 2.20 bits per heavy atom. The summed E-state index contributed by atoms with van der Waals surface area (Å²) < 4.78 is 0. The van der Waals surface area contributed by atoms with E-state index < -0.39 is 0 Å². The summed E-state index contributed by atoms with van der Waals surface area (Å²) in [5, 5.41) is 12.7. The number of nitrogens with zero attached hydrogens (tertiary/aromatic N) is 2. The van der Waals surface area contributed by atoms with Crippen molar-refractivity contribution in [1.82, 2.24) is 10.2 Å². The molecule has 1 heterocycles. The maximum atomic E-state index is 9.06. The zero-order chi connectivity index (χ0) is 14.5. The van der Waals surface area contributed by atoms with Gasteiger partial charge in [0.1, 0.15) is 0 Å². The SMILES string of the molecule is CCC1CN(C(C)c2cccc(C#N)c2)C(CC)CN1. The molecule has 1 N–H and O–H groups in total. The molecule has 0 spiro atoms. The van der Waals surface area contributed by atoms with Crippen LogP contribution in [0.2, 0.25) is 0 Å². The molecular formula is C17H25N3. The van der Waals surface area contributed by atoms with Crippen LogP contribution in [0.5, 0.6) is 0 Å². The Morgan fingerprint density at radius 3 is 2.85 bits per heavy atom. The highest BCUT2D eigenvalue weighted by Crippen LogP contribution is 2.26. The number of nitrogens with one attached hydrogen (secondary N) is 1. The quantitative estimate of drug-likeness (QED) is 0.914. The van der Waals surface area contributed by atoms with Crippen molar-refractivity contribution in [3.05, 3.63) is 35.4 Å². The molecule has 3 heteroatoms. The lowest BCUT2D eigenvalue weighted by atomic mass is 9.98. The van der Waals surface area contributed by atoms with Gasteiger partial charge in [-0.25, -0.2) is 0 Å². The van der Waals surface area contributed by atoms with E-state index in [1.54, 1.807) is 0 Å². The van der Waals surface area contributed by atoms with Crippen LogP contribution in [-0.4, -0.2) is 30.1 Å². The normalized spacial score (nSPS) is 25.1. The topological polar surface area (TPSA) is 39.1 Å². The highest BCUT2D eigenvalue weighted by atomic mass is 15.2. The molecule has 1 aliphatic rings. The summed E-state index contributed by atoms with van der Waals surface area (Å²) in [6.45, 7) is 8.91. The minimum Gasteiger partial charge on any atom is -0.311 e. The minimum atomic E-state index is 0.365. The van der Waals surface area contributed by atoms with Crippen LogP contribution in [0, 0.1) is 11.3 Å². The van der Waals surface area contributed by atoms with Crippen molar-refractivity contribution in [3.8, 4) is 6.07 Å². The highest BCUT2D eigenvalue weighted by molar-refractivity contribution is 5.34. The van der Waals surface area contributed by atoms with Gasteiger partial charge >= 0.3 is 0 Å². The summed E-state index contributed by atoms with van der Waals surface area (Å²) >= 11 is 0. The van der Waals surface area contributed by atoms with Gasteiger partial charge in [0.25, 0.3) is 0 Å². The molecule has 3 nitrogen and oxygen atoms in total. The van der Waals surface area contributed by atoms with Gasteiger partial charge in [0.05, 0.1) is 11.6 Å². The molecule has 1 aromatic rings. The first-order chi connectivity index (χ1) is 9.69. The lowest BCUT2D eigenvalue weighted by Crippen LogP contribution is -2.56. The van der Waals surface area contributed by atoms with Crippen LogP contribution in [-0.2, 0) is 0 Å². The monoisotopic (exact) mass is 271 g/mol. The van der Waals surface area contributed by atoms with Crippen molar-refractivity contribution in [2.45, 2.75) is 51.7 Å². The highest BCUT2D eigenvalue weighted by Gasteiger charge is 2.29. The van der Waals surface area contributed by atoms with Crippen LogP contribution >= 0.6 is 0 Å². The molecule has 0 aromatic heterocycles. The number of rotatable bonds is 4. The standard InChI is InChI=1S/C17H25N3/c1-4-16-12-20(17(5-2)11-19-16)13(3)15-8-6-7-14(9-15)10-18/h6-9,13,16-17,19H,4-5,11-12H2,1-3H3. The van der Waals surface area contributed by atoms with Crippen molar-refractivity contribution in [2.75, 3.05) is 13.1 Å². The lowest BCUT2D eigenvalue weighted by Gasteiger charge is -2.43. The molecule has 0 saturated carbocycles. The van der Waals surface area contributed by atoms with E-state index in [9.17, 15) is 0 Å². The van der Waals surface area contributed by atoms with Gasteiger partial charge in [-0.2, -0.15) is 5.26 Å². The van der Waals surface area contributed by atoms with Gasteiger partial charge in [0.15, 0.2) is 0 Å². The Bertz CT molecular complexity index is 477. The van der Waals surface area contributed by atoms with E-state index >= 15 is 0 Å². The van der Waals surface area contributed by atoms with Crippen LogP contribution in [0.1, 0.15) is 50.8 Å². The molecule has 1 saturated heterocycles. The van der Waals surface area contributed by atoms with Crippen molar-refractivity contribution >= 4 is 0 Å². The molecule has 108 valence electrons. The number of benzene rings is 1. The third-order valence-corrected chi connectivity index (χ3v) is 4.50. The van der Waals surface area contributed by atoms with E-state index in [1.807, 2.05) is 18.2 Å². The Morgan fingerprint density at radius 1 is 1.40 bits per heavy atom. The third-order valence-electron chi connectivity index (χ3n) is 4.50. The number of hydrogen-bond donors (Lipinski definition) is 1. The lowest BCUT2D eigenvalue weighted by molar-refractivity contribution is 0.0850. The first-order valence-corrected chi connectivity index (χ1v) is 7.68. The fourth-order valence-electron chi connectivity index (χ4n) is 3.07. The smallest absolute Gasteiger partial charge is 0.0991 e. The summed E-state index contributed by atoms with van der Waals surface area (Å²) in [6.07, 6.45) is 2.32. The van der Waals surface area contributed by atoms with E-state index in [2.05, 4.69) is 43.1 Å². The zero-order valence-corrected chi connectivity index (χ0v) is 12.8. The molecule has 1 aromatic carbocycles. The van der Waals surface area contributed by atoms with E-state index in [1.165, 1.54) is 5.56 Å². The molecule has 0 amide bonds. The van der Waals surface area contributed by atoms with E-state index in [-0.39, 0.29) is 0 Å². The van der Waals surface area contributed by atoms with Gasteiger partial charge in [-0.05, 0) is 37.5 Å². The van der Waals surface area contributed by atoms with Gasteiger partial charge < -0.3 is 5.32 Å². The summed E-state index contributed by atoms with van der Waals surface area (Å²) in [4.78, 5) is 2.60.